The number of benzene rings is 1. The zero-order chi connectivity index (χ0) is 12.5. The van der Waals surface area contributed by atoms with E-state index in [2.05, 4.69) is 25.1 Å². The van der Waals surface area contributed by atoms with Gasteiger partial charge in [0, 0.05) is 5.39 Å². The van der Waals surface area contributed by atoms with Crippen LogP contribution in [0.2, 0.25) is 0 Å². The number of nitrogens with zero attached hydrogens (tertiary/aromatic N) is 4. The molecule has 0 saturated heterocycles. The van der Waals surface area contributed by atoms with Crippen LogP contribution in [0.3, 0.4) is 0 Å². The summed E-state index contributed by atoms with van der Waals surface area (Å²) in [6.45, 7) is 1.85. The number of para-hydroxylation sites is 1. The van der Waals surface area contributed by atoms with Crippen molar-refractivity contribution in [3.8, 4) is 0 Å². The molecule has 0 aliphatic rings. The molecule has 0 fully saturated rings. The van der Waals surface area contributed by atoms with Crippen molar-refractivity contribution in [3.63, 3.8) is 0 Å². The third-order valence-electron chi connectivity index (χ3n) is 2.35. The number of nitrogens with one attached hydrogen (secondary N) is 1. The minimum Gasteiger partial charge on any atom is -0.368 e. The summed E-state index contributed by atoms with van der Waals surface area (Å²) in [4.78, 5) is 12.7. The van der Waals surface area contributed by atoms with Crippen molar-refractivity contribution >= 4 is 28.6 Å². The quantitative estimate of drug-likeness (QED) is 0.681. The highest BCUT2D eigenvalue weighted by Crippen LogP contribution is 2.29. The third kappa shape index (κ3) is 2.00. The summed E-state index contributed by atoms with van der Waals surface area (Å²) >= 11 is 1.37. The summed E-state index contributed by atoms with van der Waals surface area (Å²) in [5.41, 5.74) is 6.52. The van der Waals surface area contributed by atoms with E-state index >= 15 is 0 Å². The Bertz CT molecular complexity index is 708. The number of anilines is 1. The van der Waals surface area contributed by atoms with Gasteiger partial charge in [0.15, 0.2) is 0 Å². The van der Waals surface area contributed by atoms with Crippen molar-refractivity contribution in [2.45, 2.75) is 17.1 Å². The number of aryl methyl sites for hydroxylation is 1. The van der Waals surface area contributed by atoms with Gasteiger partial charge < -0.3 is 5.73 Å². The molecule has 0 amide bonds. The average molecular weight is 258 g/mol. The highest BCUT2D eigenvalue weighted by atomic mass is 32.2. The van der Waals surface area contributed by atoms with Gasteiger partial charge in [0.1, 0.15) is 10.9 Å². The Morgan fingerprint density at radius 3 is 2.78 bits per heavy atom. The molecule has 0 unspecified atom stereocenters. The molecule has 0 atom stereocenters. The Labute approximate surface area is 107 Å². The summed E-state index contributed by atoms with van der Waals surface area (Å²) in [5, 5.41) is 9.19. The van der Waals surface area contributed by atoms with Gasteiger partial charge in [0.05, 0.1) is 5.52 Å². The summed E-state index contributed by atoms with van der Waals surface area (Å²) in [7, 11) is 0. The number of hydrogen-bond donors (Lipinski definition) is 2. The Balaban J connectivity index is 2.10. The maximum Gasteiger partial charge on any atom is 0.221 e. The topological polar surface area (TPSA) is 93.4 Å². The number of hydrogen-bond acceptors (Lipinski definition) is 6. The number of fused-ring (bicyclic) bond motifs is 1. The predicted octanol–water partition coefficient (Wildman–Crippen LogP) is 1.79. The van der Waals surface area contributed by atoms with E-state index in [1.54, 1.807) is 0 Å². The molecule has 0 spiro atoms. The van der Waals surface area contributed by atoms with Crippen LogP contribution >= 0.6 is 11.8 Å². The molecule has 0 radical (unpaired) electrons. The molecule has 7 heteroatoms. The van der Waals surface area contributed by atoms with E-state index in [9.17, 15) is 0 Å². The van der Waals surface area contributed by atoms with Gasteiger partial charge in [-0.2, -0.15) is 0 Å². The van der Waals surface area contributed by atoms with Gasteiger partial charge in [-0.15, -0.1) is 5.10 Å². The van der Waals surface area contributed by atoms with Crippen LogP contribution in [-0.2, 0) is 0 Å². The highest BCUT2D eigenvalue weighted by molar-refractivity contribution is 7.99. The molecule has 3 rings (SSSR count). The number of nitrogen functional groups attached to an aromatic ring is 1. The average Bonchev–Trinajstić information content (AvgIpc) is 2.74. The second-order valence-corrected chi connectivity index (χ2v) is 4.67. The van der Waals surface area contributed by atoms with Crippen LogP contribution in [0.4, 0.5) is 5.95 Å². The lowest BCUT2D eigenvalue weighted by atomic mass is 10.2. The summed E-state index contributed by atoms with van der Waals surface area (Å²) < 4.78 is 0. The minimum atomic E-state index is 0.253. The first-order valence-corrected chi connectivity index (χ1v) is 6.13. The van der Waals surface area contributed by atoms with Crippen molar-refractivity contribution in [1.29, 1.82) is 0 Å². The van der Waals surface area contributed by atoms with Gasteiger partial charge in [-0.3, -0.25) is 5.10 Å². The van der Waals surface area contributed by atoms with Gasteiger partial charge in [-0.1, -0.05) is 18.2 Å². The molecule has 1 aromatic carbocycles. The number of H-pyrrole nitrogens is 1. The Kier molecular flexibility index (Phi) is 2.60. The van der Waals surface area contributed by atoms with E-state index in [0.29, 0.717) is 5.16 Å². The standard InChI is InChI=1S/C11H10N6S/c1-6-13-11(17-16-6)18-9-7-4-2-3-5-8(7)14-10(12)15-9/h2-5H,1H3,(H2,12,14,15)(H,13,16,17). The smallest absolute Gasteiger partial charge is 0.221 e. The van der Waals surface area contributed by atoms with E-state index < -0.39 is 0 Å². The van der Waals surface area contributed by atoms with Crippen LogP contribution in [0.5, 0.6) is 0 Å². The molecule has 6 nitrogen and oxygen atoms in total. The first-order chi connectivity index (χ1) is 8.72. The van der Waals surface area contributed by atoms with Gasteiger partial charge in [0.2, 0.25) is 11.1 Å². The molecule has 0 bridgehead atoms. The minimum absolute atomic E-state index is 0.253. The van der Waals surface area contributed by atoms with E-state index in [1.807, 2.05) is 31.2 Å². The largest absolute Gasteiger partial charge is 0.368 e. The fourth-order valence-electron chi connectivity index (χ4n) is 1.60. The first kappa shape index (κ1) is 11.0. The fourth-order valence-corrected chi connectivity index (χ4v) is 2.47. The van der Waals surface area contributed by atoms with E-state index in [1.165, 1.54) is 11.8 Å². The molecule has 3 N–H and O–H groups in total. The Morgan fingerprint density at radius 1 is 1.17 bits per heavy atom. The summed E-state index contributed by atoms with van der Waals surface area (Å²) in [5.74, 6) is 1.02. The van der Waals surface area contributed by atoms with Crippen molar-refractivity contribution in [2.75, 3.05) is 5.73 Å². The number of rotatable bonds is 2. The van der Waals surface area contributed by atoms with Crippen molar-refractivity contribution < 1.29 is 0 Å². The second-order valence-electron chi connectivity index (χ2n) is 3.71. The normalized spacial score (nSPS) is 10.9. The maximum absolute atomic E-state index is 5.70. The van der Waals surface area contributed by atoms with E-state index in [-0.39, 0.29) is 5.95 Å². The molecule has 0 aliphatic carbocycles. The van der Waals surface area contributed by atoms with Crippen LogP contribution in [-0.4, -0.2) is 25.1 Å². The van der Waals surface area contributed by atoms with Gasteiger partial charge in [0.25, 0.3) is 0 Å². The van der Waals surface area contributed by atoms with Crippen LogP contribution < -0.4 is 5.73 Å². The van der Waals surface area contributed by atoms with E-state index in [0.717, 1.165) is 21.8 Å². The van der Waals surface area contributed by atoms with Crippen molar-refractivity contribution in [1.82, 2.24) is 25.1 Å². The molecule has 0 aliphatic heterocycles. The van der Waals surface area contributed by atoms with Gasteiger partial charge in [-0.25, -0.2) is 15.0 Å². The maximum atomic E-state index is 5.70. The molecular formula is C11H10N6S. The lowest BCUT2D eigenvalue weighted by molar-refractivity contribution is 0.965. The first-order valence-electron chi connectivity index (χ1n) is 5.31. The van der Waals surface area contributed by atoms with E-state index in [4.69, 9.17) is 5.73 Å². The SMILES string of the molecule is Cc1nc(Sc2nc(N)nc3ccccc23)n[nH]1. The van der Waals surface area contributed by atoms with Gasteiger partial charge in [-0.05, 0) is 24.8 Å². The van der Waals surface area contributed by atoms with Crippen LogP contribution in [0.1, 0.15) is 5.82 Å². The number of nitrogens with two attached hydrogens (primary N) is 1. The third-order valence-corrected chi connectivity index (χ3v) is 3.22. The molecule has 0 saturated carbocycles. The molecule has 18 heavy (non-hydrogen) atoms. The van der Waals surface area contributed by atoms with Crippen molar-refractivity contribution in [3.05, 3.63) is 30.1 Å². The predicted molar refractivity (Wildman–Crippen MR) is 69.2 cm³/mol. The monoisotopic (exact) mass is 258 g/mol. The lowest BCUT2D eigenvalue weighted by Crippen LogP contribution is -1.97. The molecular weight excluding hydrogens is 248 g/mol. The molecule has 3 aromatic rings. The Morgan fingerprint density at radius 2 is 2.00 bits per heavy atom. The van der Waals surface area contributed by atoms with Crippen molar-refractivity contribution in [2.24, 2.45) is 0 Å². The highest BCUT2D eigenvalue weighted by Gasteiger charge is 2.10. The van der Waals surface area contributed by atoms with Gasteiger partial charge >= 0.3 is 0 Å². The second kappa shape index (κ2) is 4.26. The fraction of sp³-hybridized carbons (Fsp3) is 0.0909. The summed E-state index contributed by atoms with van der Waals surface area (Å²) in [6, 6.07) is 7.71. The molecule has 2 heterocycles. The van der Waals surface area contributed by atoms with Crippen LogP contribution in [0.25, 0.3) is 10.9 Å². The molecule has 90 valence electrons. The number of aromatic amines is 1. The molecule has 2 aromatic heterocycles. The van der Waals surface area contributed by atoms with Crippen LogP contribution in [0, 0.1) is 6.92 Å². The lowest BCUT2D eigenvalue weighted by Gasteiger charge is -2.03. The summed E-state index contributed by atoms with van der Waals surface area (Å²) in [6.07, 6.45) is 0. The zero-order valence-corrected chi connectivity index (χ0v) is 10.4. The zero-order valence-electron chi connectivity index (χ0n) is 9.58. The van der Waals surface area contributed by atoms with Crippen LogP contribution in [0.15, 0.2) is 34.4 Å². The Hall–Kier alpha value is -2.15. The number of aromatic nitrogens is 5.